The molecular weight excluding hydrogens is 324 g/mol. The predicted octanol–water partition coefficient (Wildman–Crippen LogP) is 2.44. The monoisotopic (exact) mass is 347 g/mol. The molecule has 120 valence electrons. The van der Waals surface area contributed by atoms with Gasteiger partial charge in [0.05, 0.1) is 0 Å². The third-order valence-electron chi connectivity index (χ3n) is 2.26. The molecule has 0 aliphatic carbocycles. The molecule has 0 radical (unpaired) electrons. The number of alkyl carbamates (subject to hydrolysis) is 1. The van der Waals surface area contributed by atoms with Gasteiger partial charge in [-0.25, -0.2) is 9.46 Å². The Labute approximate surface area is 130 Å². The Balaban J connectivity index is 4.26. The lowest BCUT2D eigenvalue weighted by atomic mass is 10.2. The van der Waals surface area contributed by atoms with Crippen LogP contribution < -0.4 is 10.8 Å². The van der Waals surface area contributed by atoms with Crippen LogP contribution in [0.15, 0.2) is 0 Å². The number of nitrogens with one attached hydrogen (secondary N) is 1. The van der Waals surface area contributed by atoms with Crippen LogP contribution >= 0.6 is 30.6 Å². The summed E-state index contributed by atoms with van der Waals surface area (Å²) in [4.78, 5) is 11.4. The molecule has 3 N–H and O–H groups in total. The molecule has 1 unspecified atom stereocenters. The fourth-order valence-electron chi connectivity index (χ4n) is 1.42. The maximum absolute atomic E-state index is 12.4. The van der Waals surface area contributed by atoms with Crippen molar-refractivity contribution < 1.29 is 14.1 Å². The second-order valence-corrected chi connectivity index (χ2v) is 8.52. The highest BCUT2D eigenvalue weighted by Crippen LogP contribution is 2.40. The molecule has 0 saturated carbocycles. The highest BCUT2D eigenvalue weighted by Gasteiger charge is 2.25. The van der Waals surface area contributed by atoms with Crippen LogP contribution in [0.5, 0.6) is 0 Å². The van der Waals surface area contributed by atoms with Crippen molar-refractivity contribution in [3.8, 4) is 0 Å². The maximum atomic E-state index is 12.4. The van der Waals surface area contributed by atoms with Gasteiger partial charge in [-0.3, -0.25) is 10.1 Å². The van der Waals surface area contributed by atoms with E-state index in [1.165, 1.54) is 0 Å². The molecule has 0 aromatic rings. The Morgan fingerprint density at radius 3 is 2.20 bits per heavy atom. The number of carbonyl (C=O) groups is 1. The van der Waals surface area contributed by atoms with Gasteiger partial charge in [0.1, 0.15) is 5.60 Å². The molecule has 0 spiro atoms. The van der Waals surface area contributed by atoms with Gasteiger partial charge in [-0.2, -0.15) is 0 Å². The van der Waals surface area contributed by atoms with E-state index < -0.39 is 19.1 Å². The van der Waals surface area contributed by atoms with Gasteiger partial charge in [0.15, 0.2) is 0 Å². The lowest BCUT2D eigenvalue weighted by molar-refractivity contribution is 0.0531. The molecule has 0 aromatic heterocycles. The minimum Gasteiger partial charge on any atom is -0.444 e. The number of halogens is 2. The Morgan fingerprint density at radius 1 is 1.30 bits per heavy atom. The van der Waals surface area contributed by atoms with E-state index in [-0.39, 0.29) is 12.7 Å². The SMILES string of the molecule is CC(C)(C)OC(=O)NCCP(N)(=O)N(CCCl)CCCl. The van der Waals surface area contributed by atoms with E-state index in [9.17, 15) is 9.36 Å². The number of hydrogen-bond acceptors (Lipinski definition) is 3. The summed E-state index contributed by atoms with van der Waals surface area (Å²) >= 11 is 11.3. The largest absolute Gasteiger partial charge is 0.444 e. The summed E-state index contributed by atoms with van der Waals surface area (Å²) in [7, 11) is -3.05. The van der Waals surface area contributed by atoms with Crippen molar-refractivity contribution in [2.75, 3.05) is 37.6 Å². The Kier molecular flexibility index (Phi) is 9.11. The highest BCUT2D eigenvalue weighted by atomic mass is 35.5. The molecule has 0 aromatic carbocycles. The zero-order valence-electron chi connectivity index (χ0n) is 12.2. The quantitative estimate of drug-likeness (QED) is 0.520. The number of hydrogen-bond donors (Lipinski definition) is 2. The minimum atomic E-state index is -3.05. The number of rotatable bonds is 8. The van der Waals surface area contributed by atoms with Crippen LogP contribution in [0.25, 0.3) is 0 Å². The van der Waals surface area contributed by atoms with E-state index in [2.05, 4.69) is 5.32 Å². The molecule has 20 heavy (non-hydrogen) atoms. The van der Waals surface area contributed by atoms with Gasteiger partial charge in [0.25, 0.3) is 0 Å². The van der Waals surface area contributed by atoms with Gasteiger partial charge < -0.3 is 10.1 Å². The second kappa shape index (κ2) is 9.11. The zero-order chi connectivity index (χ0) is 15.8. The topological polar surface area (TPSA) is 84.7 Å². The van der Waals surface area contributed by atoms with Gasteiger partial charge in [0.2, 0.25) is 7.44 Å². The molecule has 0 saturated heterocycles. The van der Waals surface area contributed by atoms with Crippen LogP contribution in [0.4, 0.5) is 4.79 Å². The van der Waals surface area contributed by atoms with Crippen LogP contribution in [0.2, 0.25) is 0 Å². The van der Waals surface area contributed by atoms with Crippen molar-refractivity contribution in [3.63, 3.8) is 0 Å². The lowest BCUT2D eigenvalue weighted by Crippen LogP contribution is -2.36. The number of nitrogens with zero attached hydrogens (tertiary/aromatic N) is 1. The van der Waals surface area contributed by atoms with Crippen molar-refractivity contribution >= 4 is 36.7 Å². The number of alkyl halides is 2. The van der Waals surface area contributed by atoms with Crippen molar-refractivity contribution in [1.82, 2.24) is 9.99 Å². The highest BCUT2D eigenvalue weighted by molar-refractivity contribution is 7.59. The van der Waals surface area contributed by atoms with E-state index in [0.717, 1.165) is 0 Å². The molecular formula is C11H24Cl2N3O3P. The molecule has 0 aliphatic rings. The molecule has 0 heterocycles. The molecule has 0 bridgehead atoms. The summed E-state index contributed by atoms with van der Waals surface area (Å²) in [5.74, 6) is 0.634. The molecule has 1 amide bonds. The van der Waals surface area contributed by atoms with E-state index in [0.29, 0.717) is 24.8 Å². The number of ether oxygens (including phenoxy) is 1. The molecule has 1 atom stereocenters. The summed E-state index contributed by atoms with van der Waals surface area (Å²) in [5.41, 5.74) is 5.25. The first-order chi connectivity index (χ1) is 9.12. The third kappa shape index (κ3) is 9.03. The van der Waals surface area contributed by atoms with Crippen molar-refractivity contribution in [2.24, 2.45) is 5.50 Å². The predicted molar refractivity (Wildman–Crippen MR) is 83.9 cm³/mol. The van der Waals surface area contributed by atoms with Crippen LogP contribution in [-0.2, 0) is 9.30 Å². The van der Waals surface area contributed by atoms with Gasteiger partial charge >= 0.3 is 6.09 Å². The zero-order valence-corrected chi connectivity index (χ0v) is 14.6. The van der Waals surface area contributed by atoms with Crippen LogP contribution in [0, 0.1) is 0 Å². The average molecular weight is 348 g/mol. The first-order valence-electron chi connectivity index (χ1n) is 6.34. The lowest BCUT2D eigenvalue weighted by Gasteiger charge is -2.27. The van der Waals surface area contributed by atoms with Crippen molar-refractivity contribution in [3.05, 3.63) is 0 Å². The normalized spacial score (nSPS) is 14.9. The number of amides is 1. The summed E-state index contributed by atoms with van der Waals surface area (Å²) in [6.07, 6.45) is -0.418. The van der Waals surface area contributed by atoms with E-state index >= 15 is 0 Å². The summed E-state index contributed by atoms with van der Waals surface area (Å²) in [5, 5.41) is 2.53. The van der Waals surface area contributed by atoms with Gasteiger partial charge in [-0.1, -0.05) is 0 Å². The van der Waals surface area contributed by atoms with Crippen molar-refractivity contribution in [1.29, 1.82) is 0 Å². The molecule has 9 heteroatoms. The fourth-order valence-corrected chi connectivity index (χ4v) is 3.66. The second-order valence-electron chi connectivity index (χ2n) is 5.24. The average Bonchev–Trinajstić information content (AvgIpc) is 2.25. The van der Waals surface area contributed by atoms with E-state index in [4.69, 9.17) is 33.4 Å². The summed E-state index contributed by atoms with van der Waals surface area (Å²) in [6, 6.07) is 0. The summed E-state index contributed by atoms with van der Waals surface area (Å²) in [6.45, 7) is 6.27. The first-order valence-corrected chi connectivity index (χ1v) is 9.32. The fraction of sp³-hybridized carbons (Fsp3) is 0.909. The van der Waals surface area contributed by atoms with Crippen molar-refractivity contribution in [2.45, 2.75) is 26.4 Å². The van der Waals surface area contributed by atoms with Crippen LogP contribution in [-0.4, -0.2) is 53.9 Å². The Morgan fingerprint density at radius 2 is 1.80 bits per heavy atom. The van der Waals surface area contributed by atoms with Crippen LogP contribution in [0.3, 0.4) is 0 Å². The Bertz CT molecular complexity index is 344. The third-order valence-corrected chi connectivity index (χ3v) is 4.82. The molecule has 6 nitrogen and oxygen atoms in total. The molecule has 0 fully saturated rings. The molecule has 0 rings (SSSR count). The van der Waals surface area contributed by atoms with Gasteiger partial charge in [0, 0.05) is 37.6 Å². The van der Waals surface area contributed by atoms with Gasteiger partial charge in [-0.05, 0) is 20.8 Å². The van der Waals surface area contributed by atoms with E-state index in [1.807, 2.05) is 0 Å². The van der Waals surface area contributed by atoms with Crippen LogP contribution in [0.1, 0.15) is 20.8 Å². The molecule has 0 aliphatic heterocycles. The standard InChI is InChI=1S/C11H24Cl2N3O3P/c1-11(2,3)19-10(17)15-6-9-20(14,18)16(7-4-12)8-5-13/h4-9H2,1-3H3,(H2,14,18)(H,15,17). The van der Waals surface area contributed by atoms with E-state index in [1.54, 1.807) is 25.4 Å². The maximum Gasteiger partial charge on any atom is 0.407 e. The smallest absolute Gasteiger partial charge is 0.407 e. The number of nitrogens with two attached hydrogens (primary N) is 1. The first kappa shape index (κ1) is 20.0. The Hall–Kier alpha value is -0.000000000000000111. The minimum absolute atomic E-state index is 0.139. The summed E-state index contributed by atoms with van der Waals surface area (Å²) < 4.78 is 19.0. The van der Waals surface area contributed by atoms with Gasteiger partial charge in [-0.15, -0.1) is 23.2 Å². The number of carbonyl (C=O) groups excluding carboxylic acids is 1.